The Morgan fingerprint density at radius 2 is 2.00 bits per heavy atom. The van der Waals surface area contributed by atoms with E-state index in [1.165, 1.54) is 23.6 Å². The van der Waals surface area contributed by atoms with Crippen LogP contribution in [0.2, 0.25) is 0 Å². The van der Waals surface area contributed by atoms with Gasteiger partial charge in [0.05, 0.1) is 0 Å². The molecule has 1 aliphatic heterocycles. The van der Waals surface area contributed by atoms with Gasteiger partial charge in [0, 0.05) is 55.9 Å². The molecule has 2 nitrogen and oxygen atoms in total. The highest BCUT2D eigenvalue weighted by molar-refractivity contribution is 7.99. The van der Waals surface area contributed by atoms with E-state index in [4.69, 9.17) is 0 Å². The van der Waals surface area contributed by atoms with Crippen molar-refractivity contribution in [2.75, 3.05) is 37.7 Å². The van der Waals surface area contributed by atoms with Crippen LogP contribution < -0.4 is 5.32 Å². The number of benzene rings is 1. The molecular formula is C13H18F2N2S. The maximum atomic E-state index is 13.3. The summed E-state index contributed by atoms with van der Waals surface area (Å²) in [6.07, 6.45) is 0. The second-order valence-electron chi connectivity index (χ2n) is 4.37. The van der Waals surface area contributed by atoms with Gasteiger partial charge < -0.3 is 10.2 Å². The Labute approximate surface area is 111 Å². The predicted molar refractivity (Wildman–Crippen MR) is 71.8 cm³/mol. The van der Waals surface area contributed by atoms with Crippen LogP contribution in [-0.2, 0) is 6.54 Å². The summed E-state index contributed by atoms with van der Waals surface area (Å²) in [5.41, 5.74) is 0.519. The molecule has 5 heteroatoms. The lowest BCUT2D eigenvalue weighted by molar-refractivity contribution is 0.300. The topological polar surface area (TPSA) is 15.3 Å². The van der Waals surface area contributed by atoms with Crippen LogP contribution >= 0.6 is 11.8 Å². The Bertz CT molecular complexity index is 381. The second kappa shape index (κ2) is 7.07. The highest BCUT2D eigenvalue weighted by Crippen LogP contribution is 2.09. The van der Waals surface area contributed by atoms with Crippen molar-refractivity contribution in [3.8, 4) is 0 Å². The van der Waals surface area contributed by atoms with Crippen molar-refractivity contribution in [1.82, 2.24) is 10.2 Å². The van der Waals surface area contributed by atoms with E-state index >= 15 is 0 Å². The van der Waals surface area contributed by atoms with Crippen LogP contribution in [0.15, 0.2) is 18.2 Å². The van der Waals surface area contributed by atoms with Crippen LogP contribution in [0.25, 0.3) is 0 Å². The third-order valence-corrected chi connectivity index (χ3v) is 3.98. The first-order valence-corrected chi connectivity index (χ1v) is 7.36. The highest BCUT2D eigenvalue weighted by atomic mass is 32.2. The van der Waals surface area contributed by atoms with Gasteiger partial charge in [-0.25, -0.2) is 8.78 Å². The molecule has 1 saturated heterocycles. The molecule has 2 rings (SSSR count). The molecule has 1 heterocycles. The minimum Gasteiger partial charge on any atom is -0.311 e. The lowest BCUT2D eigenvalue weighted by atomic mass is 10.2. The van der Waals surface area contributed by atoms with Crippen molar-refractivity contribution >= 4 is 11.8 Å². The quantitative estimate of drug-likeness (QED) is 0.827. The summed E-state index contributed by atoms with van der Waals surface area (Å²) < 4.78 is 26.0. The first kappa shape index (κ1) is 13.8. The van der Waals surface area contributed by atoms with Crippen LogP contribution in [0.5, 0.6) is 0 Å². The van der Waals surface area contributed by atoms with Crippen molar-refractivity contribution in [2.45, 2.75) is 6.54 Å². The second-order valence-corrected chi connectivity index (χ2v) is 5.59. The summed E-state index contributed by atoms with van der Waals surface area (Å²) in [5.74, 6) is 1.40. The molecule has 0 saturated carbocycles. The molecule has 0 atom stereocenters. The van der Waals surface area contributed by atoms with E-state index in [1.54, 1.807) is 0 Å². The maximum Gasteiger partial charge on any atom is 0.130 e. The zero-order valence-corrected chi connectivity index (χ0v) is 11.1. The third kappa shape index (κ3) is 4.23. The summed E-state index contributed by atoms with van der Waals surface area (Å²) >= 11 is 1.99. The zero-order chi connectivity index (χ0) is 12.8. The Hall–Kier alpha value is -0.650. The number of nitrogens with zero attached hydrogens (tertiary/aromatic N) is 1. The SMILES string of the molecule is Fc1ccc(CNCCN2CCSCC2)c(F)c1. The molecule has 0 aromatic heterocycles. The molecule has 100 valence electrons. The Kier molecular flexibility index (Phi) is 5.41. The number of halogens is 2. The number of thioether (sulfide) groups is 1. The number of nitrogens with one attached hydrogen (secondary N) is 1. The highest BCUT2D eigenvalue weighted by Gasteiger charge is 2.09. The average molecular weight is 272 g/mol. The summed E-state index contributed by atoms with van der Waals surface area (Å²) in [4.78, 5) is 2.41. The van der Waals surface area contributed by atoms with Crippen LogP contribution in [0, 0.1) is 11.6 Å². The number of rotatable bonds is 5. The van der Waals surface area contributed by atoms with Crippen molar-refractivity contribution in [1.29, 1.82) is 0 Å². The minimum absolute atomic E-state index is 0.453. The Balaban J connectivity index is 1.68. The fraction of sp³-hybridized carbons (Fsp3) is 0.538. The van der Waals surface area contributed by atoms with E-state index in [0.717, 1.165) is 32.2 Å². The van der Waals surface area contributed by atoms with Gasteiger partial charge >= 0.3 is 0 Å². The van der Waals surface area contributed by atoms with Gasteiger partial charge in [-0.3, -0.25) is 0 Å². The van der Waals surface area contributed by atoms with Crippen molar-refractivity contribution in [2.24, 2.45) is 0 Å². The third-order valence-electron chi connectivity index (χ3n) is 3.04. The van der Waals surface area contributed by atoms with Crippen LogP contribution in [0.3, 0.4) is 0 Å². The maximum absolute atomic E-state index is 13.3. The lowest BCUT2D eigenvalue weighted by Crippen LogP contribution is -2.37. The molecular weight excluding hydrogens is 254 g/mol. The van der Waals surface area contributed by atoms with Gasteiger partial charge in [-0.1, -0.05) is 6.07 Å². The van der Waals surface area contributed by atoms with Crippen molar-refractivity contribution in [3.05, 3.63) is 35.4 Å². The molecule has 0 bridgehead atoms. The molecule has 1 N–H and O–H groups in total. The summed E-state index contributed by atoms with van der Waals surface area (Å²) in [5, 5.41) is 3.20. The van der Waals surface area contributed by atoms with E-state index in [9.17, 15) is 8.78 Å². The molecule has 1 aromatic rings. The van der Waals surface area contributed by atoms with Gasteiger partial charge in [0.25, 0.3) is 0 Å². The predicted octanol–water partition coefficient (Wildman–Crippen LogP) is 2.10. The van der Waals surface area contributed by atoms with E-state index in [1.807, 2.05) is 11.8 Å². The molecule has 1 aliphatic rings. The fourth-order valence-electron chi connectivity index (χ4n) is 1.95. The van der Waals surface area contributed by atoms with Gasteiger partial charge in [0.15, 0.2) is 0 Å². The van der Waals surface area contributed by atoms with E-state index < -0.39 is 11.6 Å². The molecule has 1 fully saturated rings. The van der Waals surface area contributed by atoms with Gasteiger partial charge in [0.2, 0.25) is 0 Å². The largest absolute Gasteiger partial charge is 0.311 e. The van der Waals surface area contributed by atoms with Gasteiger partial charge in [-0.05, 0) is 6.07 Å². The van der Waals surface area contributed by atoms with Crippen molar-refractivity contribution in [3.63, 3.8) is 0 Å². The zero-order valence-electron chi connectivity index (χ0n) is 10.3. The van der Waals surface area contributed by atoms with E-state index in [2.05, 4.69) is 10.2 Å². The molecule has 0 amide bonds. The van der Waals surface area contributed by atoms with Crippen LogP contribution in [-0.4, -0.2) is 42.6 Å². The molecule has 1 aromatic carbocycles. The molecule has 0 spiro atoms. The Morgan fingerprint density at radius 3 is 2.72 bits per heavy atom. The molecule has 0 radical (unpaired) electrons. The van der Waals surface area contributed by atoms with E-state index in [-0.39, 0.29) is 0 Å². The average Bonchev–Trinajstić information content (AvgIpc) is 2.38. The molecule has 18 heavy (non-hydrogen) atoms. The first-order valence-electron chi connectivity index (χ1n) is 6.20. The first-order chi connectivity index (χ1) is 8.75. The number of hydrogen-bond acceptors (Lipinski definition) is 3. The fourth-order valence-corrected chi connectivity index (χ4v) is 2.93. The standard InChI is InChI=1S/C13H18F2N2S/c14-12-2-1-11(13(15)9-12)10-16-3-4-17-5-7-18-8-6-17/h1-2,9,16H,3-8,10H2. The summed E-state index contributed by atoms with van der Waals surface area (Å²) in [6, 6.07) is 3.72. The number of hydrogen-bond donors (Lipinski definition) is 1. The van der Waals surface area contributed by atoms with E-state index in [0.29, 0.717) is 12.1 Å². The van der Waals surface area contributed by atoms with Gasteiger partial charge in [0.1, 0.15) is 11.6 Å². The normalized spacial score (nSPS) is 17.0. The van der Waals surface area contributed by atoms with Gasteiger partial charge in [-0.15, -0.1) is 0 Å². The van der Waals surface area contributed by atoms with Gasteiger partial charge in [-0.2, -0.15) is 11.8 Å². The minimum atomic E-state index is -0.526. The summed E-state index contributed by atoms with van der Waals surface area (Å²) in [6.45, 7) is 4.55. The van der Waals surface area contributed by atoms with Crippen molar-refractivity contribution < 1.29 is 8.78 Å². The molecule has 0 unspecified atom stereocenters. The van der Waals surface area contributed by atoms with Crippen LogP contribution in [0.1, 0.15) is 5.56 Å². The monoisotopic (exact) mass is 272 g/mol. The molecule has 0 aliphatic carbocycles. The lowest BCUT2D eigenvalue weighted by Gasteiger charge is -2.26. The van der Waals surface area contributed by atoms with Crippen LogP contribution in [0.4, 0.5) is 8.78 Å². The Morgan fingerprint density at radius 1 is 1.22 bits per heavy atom. The summed E-state index contributed by atoms with van der Waals surface area (Å²) in [7, 11) is 0. The smallest absolute Gasteiger partial charge is 0.130 e.